The highest BCUT2D eigenvalue weighted by Gasteiger charge is 2.29. The molecule has 0 unspecified atom stereocenters. The molecule has 13 heteroatoms. The van der Waals surface area contributed by atoms with Crippen molar-refractivity contribution in [2.75, 3.05) is 46.3 Å². The van der Waals surface area contributed by atoms with Gasteiger partial charge in [-0.25, -0.2) is 9.48 Å². The fraction of sp³-hybridized carbons (Fsp3) is 0.648. The molecule has 3 amide bonds. The fourth-order valence-electron chi connectivity index (χ4n) is 9.99. The number of rotatable bonds is 28. The van der Waals surface area contributed by atoms with Crippen LogP contribution in [0.25, 0.3) is 21.8 Å². The Balaban J connectivity index is 0.950. The van der Waals surface area contributed by atoms with Gasteiger partial charge in [0.05, 0.1) is 5.52 Å². The maximum absolute atomic E-state index is 13.9. The zero-order chi connectivity index (χ0) is 47.2. The van der Waals surface area contributed by atoms with Crippen molar-refractivity contribution < 1.29 is 19.1 Å². The van der Waals surface area contributed by atoms with Gasteiger partial charge >= 0.3 is 12.0 Å². The van der Waals surface area contributed by atoms with E-state index in [1.165, 1.54) is 83.5 Å². The number of nitrogens with zero attached hydrogens (tertiary/aromatic N) is 4. The quantitative estimate of drug-likeness (QED) is 0.0325. The molecule has 2 fully saturated rings. The molecule has 2 aromatic carbocycles. The van der Waals surface area contributed by atoms with Gasteiger partial charge in [-0.05, 0) is 99.8 Å². The summed E-state index contributed by atoms with van der Waals surface area (Å²) in [5, 5.41) is 16.3. The number of amides is 3. The molecule has 13 nitrogen and oxygen atoms in total. The Bertz CT molecular complexity index is 2190. The van der Waals surface area contributed by atoms with Crippen molar-refractivity contribution in [3.8, 4) is 0 Å². The lowest BCUT2D eigenvalue weighted by Gasteiger charge is -2.33. The van der Waals surface area contributed by atoms with E-state index in [2.05, 4.69) is 39.8 Å². The minimum absolute atomic E-state index is 0.0383. The number of fused-ring (bicyclic) bond motifs is 2. The molecule has 2 aliphatic heterocycles. The summed E-state index contributed by atoms with van der Waals surface area (Å²) < 4.78 is 7.28. The number of urea groups is 1. The molecule has 2 saturated heterocycles. The maximum Gasteiger partial charge on any atom is 0.318 e. The molecule has 0 radical (unpaired) electrons. The van der Waals surface area contributed by atoms with Crippen LogP contribution in [0.5, 0.6) is 0 Å². The molecule has 67 heavy (non-hydrogen) atoms. The molecule has 4 heterocycles. The number of carbonyl (C=O) groups excluding carboxylic acids is 3. The molecule has 2 aromatic heterocycles. The van der Waals surface area contributed by atoms with Gasteiger partial charge in [0.15, 0.2) is 6.73 Å². The number of hydrogen-bond donors (Lipinski definition) is 4. The number of para-hydroxylation sites is 1. The minimum Gasteiger partial charge on any atom is -0.442 e. The van der Waals surface area contributed by atoms with E-state index < -0.39 is 6.04 Å². The van der Waals surface area contributed by atoms with Crippen LogP contribution in [0.4, 0.5) is 4.79 Å². The minimum atomic E-state index is -0.811. The van der Waals surface area contributed by atoms with Crippen molar-refractivity contribution in [1.82, 2.24) is 40.5 Å². The summed E-state index contributed by atoms with van der Waals surface area (Å²) in [6.45, 7) is 8.47. The Labute approximate surface area is 399 Å². The molecule has 368 valence electrons. The lowest BCUT2D eigenvalue weighted by atomic mass is 9.89. The Morgan fingerprint density at radius 1 is 0.791 bits per heavy atom. The van der Waals surface area contributed by atoms with Crippen LogP contribution in [0.15, 0.2) is 53.5 Å². The van der Waals surface area contributed by atoms with Gasteiger partial charge in [-0.1, -0.05) is 128 Å². The summed E-state index contributed by atoms with van der Waals surface area (Å²) >= 11 is 0. The summed E-state index contributed by atoms with van der Waals surface area (Å²) in [5.74, 6) is -0.405. The first-order chi connectivity index (χ1) is 32.7. The first-order valence-electron chi connectivity index (χ1n) is 26.2. The SMILES string of the molecule is CCCCCCCCCCCCCCCCCCC(=O)OCn1cc2cc(C[C@@H](NC(=O)N3CCC(c4cc5ccccc5[nH]c4=O)CC3)C(=O)NCCNC3CCN(C)CC3)cc(C)c2n1. The summed E-state index contributed by atoms with van der Waals surface area (Å²) in [6, 6.07) is 13.1. The highest BCUT2D eigenvalue weighted by molar-refractivity contribution is 5.88. The third-order valence-corrected chi connectivity index (χ3v) is 14.1. The lowest BCUT2D eigenvalue weighted by Crippen LogP contribution is -2.54. The van der Waals surface area contributed by atoms with E-state index in [9.17, 15) is 19.2 Å². The van der Waals surface area contributed by atoms with E-state index >= 15 is 0 Å². The van der Waals surface area contributed by atoms with Crippen molar-refractivity contribution in [3.05, 3.63) is 75.7 Å². The first kappa shape index (κ1) is 51.6. The summed E-state index contributed by atoms with van der Waals surface area (Å²) in [7, 11) is 2.14. The number of unbranched alkanes of at least 4 members (excludes halogenated alkanes) is 15. The van der Waals surface area contributed by atoms with Gasteiger partial charge in [0, 0.05) is 67.7 Å². The first-order valence-corrected chi connectivity index (χ1v) is 26.2. The molecule has 2 aliphatic rings. The van der Waals surface area contributed by atoms with Crippen molar-refractivity contribution in [2.24, 2.45) is 0 Å². The van der Waals surface area contributed by atoms with E-state index in [4.69, 9.17) is 9.84 Å². The zero-order valence-corrected chi connectivity index (χ0v) is 41.2. The van der Waals surface area contributed by atoms with E-state index in [0.29, 0.717) is 57.9 Å². The second-order valence-corrected chi connectivity index (χ2v) is 19.6. The average molecular weight is 923 g/mol. The van der Waals surface area contributed by atoms with Crippen LogP contribution in [-0.2, 0) is 27.5 Å². The predicted molar refractivity (Wildman–Crippen MR) is 270 cm³/mol. The van der Waals surface area contributed by atoms with Crippen LogP contribution in [0.1, 0.15) is 164 Å². The van der Waals surface area contributed by atoms with Crippen LogP contribution >= 0.6 is 0 Å². The van der Waals surface area contributed by atoms with Gasteiger partial charge in [-0.2, -0.15) is 5.10 Å². The molecule has 0 spiro atoms. The number of H-pyrrole nitrogens is 1. The maximum atomic E-state index is 13.9. The van der Waals surface area contributed by atoms with Gasteiger partial charge in [-0.3, -0.25) is 14.4 Å². The number of likely N-dealkylation sites (tertiary alicyclic amines) is 2. The molecular formula is C54H82N8O5. The standard InChI is InChI=1S/C54H82N8O5/c1-4-5-6-7-8-9-10-11-12-13-14-15-16-17-18-19-24-50(63)67-40-62-39-45-36-42(35-41(2)51(45)59-62)37-49(53(65)56-30-29-55-46-27-31-60(3)32-28-46)58-54(66)61-33-25-43(26-34-61)47-38-44-22-20-21-23-48(44)57-52(47)64/h20-23,35-36,38-39,43,46,49,55H,4-19,24-34,37,40H2,1-3H3,(H,56,65)(H,57,64)(H,58,66)/t49-/m1/s1. The van der Waals surface area contributed by atoms with Gasteiger partial charge in [-0.15, -0.1) is 0 Å². The number of pyridine rings is 1. The highest BCUT2D eigenvalue weighted by Crippen LogP contribution is 2.28. The fourth-order valence-corrected chi connectivity index (χ4v) is 9.99. The van der Waals surface area contributed by atoms with E-state index in [1.54, 1.807) is 9.58 Å². The van der Waals surface area contributed by atoms with Gasteiger partial charge < -0.3 is 35.5 Å². The van der Waals surface area contributed by atoms with Crippen LogP contribution < -0.4 is 21.5 Å². The molecule has 0 bridgehead atoms. The normalized spacial score (nSPS) is 15.6. The van der Waals surface area contributed by atoms with Crippen LogP contribution in [0, 0.1) is 6.92 Å². The highest BCUT2D eigenvalue weighted by atomic mass is 16.5. The molecule has 6 rings (SSSR count). The van der Waals surface area contributed by atoms with E-state index in [0.717, 1.165) is 83.7 Å². The molecule has 4 N–H and O–H groups in total. The monoisotopic (exact) mass is 923 g/mol. The zero-order valence-electron chi connectivity index (χ0n) is 41.2. The van der Waals surface area contributed by atoms with Gasteiger partial charge in [0.1, 0.15) is 6.04 Å². The Morgan fingerprint density at radius 2 is 1.43 bits per heavy atom. The molecule has 4 aromatic rings. The molecule has 1 atom stereocenters. The number of ether oxygens (including phenoxy) is 1. The Kier molecular flexibility index (Phi) is 21.5. The summed E-state index contributed by atoms with van der Waals surface area (Å²) in [5.41, 5.74) is 4.12. The molecule has 0 saturated carbocycles. The molecular weight excluding hydrogens is 841 g/mol. The van der Waals surface area contributed by atoms with Crippen LogP contribution in [-0.4, -0.2) is 101 Å². The Hall–Kier alpha value is -4.75. The number of aryl methyl sites for hydroxylation is 1. The van der Waals surface area contributed by atoms with Crippen molar-refractivity contribution in [2.45, 2.75) is 180 Å². The van der Waals surface area contributed by atoms with E-state index in [-0.39, 0.29) is 36.1 Å². The summed E-state index contributed by atoms with van der Waals surface area (Å²) in [6.07, 6.45) is 26.7. The topological polar surface area (TPSA) is 154 Å². The smallest absolute Gasteiger partial charge is 0.318 e. The van der Waals surface area contributed by atoms with Crippen LogP contribution in [0.2, 0.25) is 0 Å². The number of aromatic amines is 1. The third kappa shape index (κ3) is 17.1. The predicted octanol–water partition coefficient (Wildman–Crippen LogP) is 9.64. The lowest BCUT2D eigenvalue weighted by molar-refractivity contribution is -0.148. The van der Waals surface area contributed by atoms with Gasteiger partial charge in [0.25, 0.3) is 5.56 Å². The summed E-state index contributed by atoms with van der Waals surface area (Å²) in [4.78, 5) is 60.5. The van der Waals surface area contributed by atoms with Crippen LogP contribution in [0.3, 0.4) is 0 Å². The number of aromatic nitrogens is 3. The van der Waals surface area contributed by atoms with Crippen molar-refractivity contribution in [1.29, 1.82) is 0 Å². The number of hydrogen-bond acceptors (Lipinski definition) is 8. The number of benzene rings is 2. The number of nitrogens with one attached hydrogen (secondary N) is 4. The second-order valence-electron chi connectivity index (χ2n) is 19.6. The van der Waals surface area contributed by atoms with Crippen molar-refractivity contribution >= 4 is 39.7 Å². The number of piperidine rings is 2. The second kappa shape index (κ2) is 27.9. The molecule has 0 aliphatic carbocycles. The third-order valence-electron chi connectivity index (χ3n) is 14.1. The van der Waals surface area contributed by atoms with Gasteiger partial charge in [0.2, 0.25) is 5.91 Å². The van der Waals surface area contributed by atoms with Crippen molar-refractivity contribution in [3.63, 3.8) is 0 Å². The Morgan fingerprint density at radius 3 is 2.10 bits per heavy atom. The average Bonchev–Trinajstić information content (AvgIpc) is 3.76. The number of carbonyl (C=O) groups is 3. The number of esters is 1. The largest absolute Gasteiger partial charge is 0.442 e. The van der Waals surface area contributed by atoms with E-state index in [1.807, 2.05) is 55.6 Å².